The Balaban J connectivity index is 1.67. The van der Waals surface area contributed by atoms with Crippen molar-refractivity contribution in [3.05, 3.63) is 95.8 Å². The second-order valence-corrected chi connectivity index (χ2v) is 9.63. The third-order valence-corrected chi connectivity index (χ3v) is 6.39. The van der Waals surface area contributed by atoms with Gasteiger partial charge in [-0.3, -0.25) is 4.79 Å². The number of halogens is 1. The number of aromatic nitrogens is 1. The maximum Gasteiger partial charge on any atom is 0.252 e. The second kappa shape index (κ2) is 8.51. The Bertz CT molecular complexity index is 1400. The number of hydrogen-bond donors (Lipinski definition) is 1. The molecule has 0 aliphatic carbocycles. The van der Waals surface area contributed by atoms with E-state index >= 15 is 0 Å². The molecule has 1 aromatic heterocycles. The van der Waals surface area contributed by atoms with Crippen molar-refractivity contribution < 1.29 is 17.6 Å². The lowest BCUT2D eigenvalue weighted by Gasteiger charge is -2.16. The molecule has 0 radical (unpaired) electrons. The molecule has 1 atom stereocenters. The zero-order valence-electron chi connectivity index (χ0n) is 17.5. The van der Waals surface area contributed by atoms with Gasteiger partial charge >= 0.3 is 0 Å². The molecule has 32 heavy (non-hydrogen) atoms. The molecule has 3 aromatic carbocycles. The van der Waals surface area contributed by atoms with Gasteiger partial charge in [-0.25, -0.2) is 17.8 Å². The third kappa shape index (κ3) is 4.53. The van der Waals surface area contributed by atoms with Crippen LogP contribution in [-0.4, -0.2) is 25.6 Å². The van der Waals surface area contributed by atoms with E-state index < -0.39 is 9.84 Å². The molecule has 0 bridgehead atoms. The second-order valence-electron chi connectivity index (χ2n) is 7.62. The highest BCUT2D eigenvalue weighted by Crippen LogP contribution is 2.26. The zero-order valence-corrected chi connectivity index (χ0v) is 18.4. The Labute approximate surface area is 185 Å². The average Bonchev–Trinajstić information content (AvgIpc) is 2.78. The molecule has 0 fully saturated rings. The number of sulfone groups is 1. The lowest BCUT2D eigenvalue weighted by molar-refractivity contribution is 0.0941. The standard InChI is InChI=1S/C25H21FN2O3S/c1-16(17-9-13-20(14-10-17)32(2,30)31)27-25(29)22-15-24(18-7-11-19(26)12-8-18)28-23-6-4-3-5-21(22)23/h3-16H,1-2H3,(H,27,29)/t16-/m1/s1. The summed E-state index contributed by atoms with van der Waals surface area (Å²) in [5.74, 6) is -0.630. The molecule has 0 aliphatic heterocycles. The largest absolute Gasteiger partial charge is 0.345 e. The van der Waals surface area contributed by atoms with Crippen molar-refractivity contribution in [1.29, 1.82) is 0 Å². The summed E-state index contributed by atoms with van der Waals surface area (Å²) in [5.41, 5.74) is 3.16. The fourth-order valence-electron chi connectivity index (χ4n) is 3.49. The molecule has 1 N–H and O–H groups in total. The highest BCUT2D eigenvalue weighted by atomic mass is 32.2. The number of hydrogen-bond acceptors (Lipinski definition) is 4. The minimum absolute atomic E-state index is 0.226. The molecule has 0 spiro atoms. The normalized spacial score (nSPS) is 12.5. The van der Waals surface area contributed by atoms with Crippen LogP contribution < -0.4 is 5.32 Å². The van der Waals surface area contributed by atoms with Crippen LogP contribution in [0.2, 0.25) is 0 Å². The summed E-state index contributed by atoms with van der Waals surface area (Å²) < 4.78 is 36.7. The Morgan fingerprint density at radius 3 is 2.28 bits per heavy atom. The highest BCUT2D eigenvalue weighted by Gasteiger charge is 2.17. The van der Waals surface area contributed by atoms with E-state index in [0.29, 0.717) is 27.7 Å². The number of nitrogens with zero attached hydrogens (tertiary/aromatic N) is 1. The summed E-state index contributed by atoms with van der Waals surface area (Å²) in [6.07, 6.45) is 1.15. The molecule has 7 heteroatoms. The zero-order chi connectivity index (χ0) is 22.9. The number of fused-ring (bicyclic) bond motifs is 1. The van der Waals surface area contributed by atoms with E-state index in [-0.39, 0.29) is 22.7 Å². The van der Waals surface area contributed by atoms with Crippen molar-refractivity contribution in [3.63, 3.8) is 0 Å². The van der Waals surface area contributed by atoms with Gasteiger partial charge in [0.1, 0.15) is 5.82 Å². The maximum atomic E-state index is 13.3. The fraction of sp³-hybridized carbons (Fsp3) is 0.120. The van der Waals surface area contributed by atoms with Gasteiger partial charge in [0.25, 0.3) is 5.91 Å². The van der Waals surface area contributed by atoms with E-state index in [2.05, 4.69) is 10.3 Å². The highest BCUT2D eigenvalue weighted by molar-refractivity contribution is 7.90. The first-order valence-electron chi connectivity index (χ1n) is 9.99. The number of rotatable bonds is 5. The molecule has 0 aliphatic rings. The maximum absolute atomic E-state index is 13.3. The number of benzene rings is 3. The van der Waals surface area contributed by atoms with Crippen LogP contribution in [0.15, 0.2) is 83.8 Å². The van der Waals surface area contributed by atoms with Crippen molar-refractivity contribution in [1.82, 2.24) is 10.3 Å². The number of amides is 1. The molecule has 4 aromatic rings. The van der Waals surface area contributed by atoms with Gasteiger partial charge in [0, 0.05) is 17.2 Å². The van der Waals surface area contributed by atoms with E-state index in [0.717, 1.165) is 11.8 Å². The third-order valence-electron chi connectivity index (χ3n) is 5.26. The van der Waals surface area contributed by atoms with E-state index in [1.807, 2.05) is 31.2 Å². The van der Waals surface area contributed by atoms with Crippen LogP contribution in [0.25, 0.3) is 22.2 Å². The lowest BCUT2D eigenvalue weighted by Crippen LogP contribution is -2.27. The number of carbonyl (C=O) groups excluding carboxylic acids is 1. The molecular weight excluding hydrogens is 427 g/mol. The van der Waals surface area contributed by atoms with Crippen molar-refractivity contribution in [2.45, 2.75) is 17.9 Å². The Hall–Kier alpha value is -3.58. The van der Waals surface area contributed by atoms with Crippen LogP contribution in [-0.2, 0) is 9.84 Å². The Morgan fingerprint density at radius 1 is 0.969 bits per heavy atom. The lowest BCUT2D eigenvalue weighted by atomic mass is 10.0. The summed E-state index contributed by atoms with van der Waals surface area (Å²) in [6.45, 7) is 1.83. The van der Waals surface area contributed by atoms with Gasteiger partial charge in [0.2, 0.25) is 0 Å². The van der Waals surface area contributed by atoms with Crippen molar-refractivity contribution >= 4 is 26.6 Å². The van der Waals surface area contributed by atoms with Crippen LogP contribution in [0, 0.1) is 5.82 Å². The van der Waals surface area contributed by atoms with Crippen LogP contribution in [0.3, 0.4) is 0 Å². The predicted octanol–water partition coefficient (Wildman–Crippen LogP) is 4.94. The molecular formula is C25H21FN2O3S. The quantitative estimate of drug-likeness (QED) is 0.469. The van der Waals surface area contributed by atoms with E-state index in [1.165, 1.54) is 24.3 Å². The molecule has 0 unspecified atom stereocenters. The number of pyridine rings is 1. The van der Waals surface area contributed by atoms with E-state index in [1.54, 1.807) is 30.3 Å². The molecule has 5 nitrogen and oxygen atoms in total. The monoisotopic (exact) mass is 448 g/mol. The van der Waals surface area contributed by atoms with Gasteiger partial charge in [-0.2, -0.15) is 0 Å². The smallest absolute Gasteiger partial charge is 0.252 e. The van der Waals surface area contributed by atoms with Gasteiger partial charge in [0.05, 0.1) is 27.7 Å². The average molecular weight is 449 g/mol. The molecule has 0 saturated heterocycles. The first-order valence-corrected chi connectivity index (χ1v) is 11.9. The fourth-order valence-corrected chi connectivity index (χ4v) is 4.12. The molecule has 1 heterocycles. The number of carbonyl (C=O) groups is 1. The summed E-state index contributed by atoms with van der Waals surface area (Å²) in [5, 5.41) is 3.68. The van der Waals surface area contributed by atoms with Gasteiger partial charge in [-0.05, 0) is 61.0 Å². The Morgan fingerprint density at radius 2 is 1.62 bits per heavy atom. The minimum atomic E-state index is -3.29. The minimum Gasteiger partial charge on any atom is -0.345 e. The molecule has 0 saturated carbocycles. The molecule has 162 valence electrons. The summed E-state index contributed by atoms with van der Waals surface area (Å²) >= 11 is 0. The van der Waals surface area contributed by atoms with Crippen molar-refractivity contribution in [2.24, 2.45) is 0 Å². The van der Waals surface area contributed by atoms with Gasteiger partial charge in [-0.15, -0.1) is 0 Å². The van der Waals surface area contributed by atoms with E-state index in [4.69, 9.17) is 0 Å². The van der Waals surface area contributed by atoms with Crippen molar-refractivity contribution in [2.75, 3.05) is 6.26 Å². The molecule has 1 amide bonds. The molecule has 4 rings (SSSR count). The van der Waals surface area contributed by atoms with Crippen LogP contribution in [0.1, 0.15) is 28.9 Å². The van der Waals surface area contributed by atoms with Crippen molar-refractivity contribution in [3.8, 4) is 11.3 Å². The van der Waals surface area contributed by atoms with Gasteiger partial charge in [0.15, 0.2) is 9.84 Å². The van der Waals surface area contributed by atoms with E-state index in [9.17, 15) is 17.6 Å². The van der Waals surface area contributed by atoms with Crippen LogP contribution in [0.4, 0.5) is 4.39 Å². The van der Waals surface area contributed by atoms with Gasteiger partial charge < -0.3 is 5.32 Å². The topological polar surface area (TPSA) is 76.1 Å². The number of nitrogens with one attached hydrogen (secondary N) is 1. The summed E-state index contributed by atoms with van der Waals surface area (Å²) in [4.78, 5) is 18.1. The summed E-state index contributed by atoms with van der Waals surface area (Å²) in [7, 11) is -3.29. The Kier molecular flexibility index (Phi) is 5.76. The van der Waals surface area contributed by atoms with Gasteiger partial charge in [-0.1, -0.05) is 30.3 Å². The first-order chi connectivity index (χ1) is 15.2. The predicted molar refractivity (Wildman–Crippen MR) is 123 cm³/mol. The summed E-state index contributed by atoms with van der Waals surface area (Å²) in [6, 6.07) is 21.1. The number of para-hydroxylation sites is 1. The first kappa shape index (κ1) is 21.6. The SMILES string of the molecule is C[C@@H](NC(=O)c1cc(-c2ccc(F)cc2)nc2ccccc12)c1ccc(S(C)(=O)=O)cc1. The van der Waals surface area contributed by atoms with Crippen LogP contribution in [0.5, 0.6) is 0 Å². The van der Waals surface area contributed by atoms with Crippen LogP contribution >= 0.6 is 0 Å².